The third-order valence-electron chi connectivity index (χ3n) is 3.77. The van der Waals surface area contributed by atoms with Crippen LogP contribution in [-0.2, 0) is 4.79 Å². The van der Waals surface area contributed by atoms with E-state index in [-0.39, 0.29) is 11.2 Å². The Balaban J connectivity index is 1.92. The van der Waals surface area contributed by atoms with E-state index in [1.54, 1.807) is 11.3 Å². The first-order chi connectivity index (χ1) is 10.1. The van der Waals surface area contributed by atoms with Crippen LogP contribution in [0, 0.1) is 13.8 Å². The van der Waals surface area contributed by atoms with E-state index in [9.17, 15) is 4.79 Å². The number of nitrogen functional groups attached to an aromatic ring is 1. The molecule has 0 bridgehead atoms. The third kappa shape index (κ3) is 2.85. The molecule has 1 atom stereocenters. The Morgan fingerprint density at radius 2 is 2.14 bits per heavy atom. The fourth-order valence-corrected chi connectivity index (χ4v) is 4.58. The van der Waals surface area contributed by atoms with E-state index in [0.29, 0.717) is 11.0 Å². The molecule has 1 saturated heterocycles. The van der Waals surface area contributed by atoms with Gasteiger partial charge in [0.15, 0.2) is 5.16 Å². The molecule has 1 aliphatic heterocycles. The van der Waals surface area contributed by atoms with Crippen LogP contribution in [-0.4, -0.2) is 27.7 Å². The molecule has 1 aliphatic rings. The lowest BCUT2D eigenvalue weighted by molar-refractivity contribution is -0.120. The molecule has 0 aliphatic carbocycles. The van der Waals surface area contributed by atoms with Gasteiger partial charge in [-0.15, -0.1) is 11.3 Å². The lowest BCUT2D eigenvalue weighted by Gasteiger charge is -2.11. The van der Waals surface area contributed by atoms with Crippen LogP contribution in [0.25, 0.3) is 10.2 Å². The van der Waals surface area contributed by atoms with Gasteiger partial charge in [0.1, 0.15) is 10.6 Å². The molecular weight excluding hydrogens is 304 g/mol. The monoisotopic (exact) mass is 322 g/mol. The number of hydrogen-bond acceptors (Lipinski definition) is 6. The Kier molecular flexibility index (Phi) is 4.03. The molecule has 112 valence electrons. The number of carbonyl (C=O) groups excluding carboxylic acids is 1. The number of aromatic nitrogens is 2. The molecule has 5 nitrogen and oxygen atoms in total. The van der Waals surface area contributed by atoms with Crippen LogP contribution < -0.4 is 11.1 Å². The van der Waals surface area contributed by atoms with Gasteiger partial charge in [-0.2, -0.15) is 0 Å². The average Bonchev–Trinajstić information content (AvgIpc) is 2.59. The Hall–Kier alpha value is -1.34. The van der Waals surface area contributed by atoms with Crippen LogP contribution in [0.1, 0.15) is 29.7 Å². The molecule has 0 spiro atoms. The molecule has 2 aromatic rings. The minimum Gasteiger partial charge on any atom is -0.383 e. The first kappa shape index (κ1) is 14.6. The van der Waals surface area contributed by atoms with Gasteiger partial charge in [-0.25, -0.2) is 9.97 Å². The fraction of sp³-hybridized carbons (Fsp3) is 0.500. The number of aryl methyl sites for hydroxylation is 2. The third-order valence-corrected chi connectivity index (χ3v) is 6.00. The number of nitrogens with zero attached hydrogens (tertiary/aromatic N) is 2. The van der Waals surface area contributed by atoms with Gasteiger partial charge < -0.3 is 11.1 Å². The minimum absolute atomic E-state index is 0.0818. The van der Waals surface area contributed by atoms with Crippen molar-refractivity contribution in [3.8, 4) is 0 Å². The van der Waals surface area contributed by atoms with Gasteiger partial charge >= 0.3 is 0 Å². The zero-order chi connectivity index (χ0) is 15.0. The van der Waals surface area contributed by atoms with Crippen molar-refractivity contribution < 1.29 is 4.79 Å². The van der Waals surface area contributed by atoms with Gasteiger partial charge in [0.2, 0.25) is 5.91 Å². The summed E-state index contributed by atoms with van der Waals surface area (Å²) in [6, 6.07) is 0. The van der Waals surface area contributed by atoms with Crippen LogP contribution in [0.2, 0.25) is 0 Å². The summed E-state index contributed by atoms with van der Waals surface area (Å²) >= 11 is 3.05. The van der Waals surface area contributed by atoms with E-state index in [2.05, 4.69) is 22.2 Å². The van der Waals surface area contributed by atoms with Gasteiger partial charge in [0, 0.05) is 11.4 Å². The molecule has 0 unspecified atom stereocenters. The molecule has 0 aromatic carbocycles. The quantitative estimate of drug-likeness (QED) is 0.831. The number of fused-ring (bicyclic) bond motifs is 1. The first-order valence-electron chi connectivity index (χ1n) is 7.04. The van der Waals surface area contributed by atoms with Crippen molar-refractivity contribution in [1.29, 1.82) is 0 Å². The largest absolute Gasteiger partial charge is 0.383 e. The first-order valence-corrected chi connectivity index (χ1v) is 8.73. The summed E-state index contributed by atoms with van der Waals surface area (Å²) in [5.74, 6) is 0.594. The molecule has 0 saturated carbocycles. The van der Waals surface area contributed by atoms with Crippen molar-refractivity contribution in [3.63, 3.8) is 0 Å². The van der Waals surface area contributed by atoms with E-state index in [4.69, 9.17) is 5.73 Å². The Morgan fingerprint density at radius 3 is 2.95 bits per heavy atom. The van der Waals surface area contributed by atoms with Gasteiger partial charge in [-0.1, -0.05) is 18.2 Å². The Labute approximate surface area is 131 Å². The maximum Gasteiger partial charge on any atom is 0.233 e. The molecule has 3 N–H and O–H groups in total. The average molecular weight is 322 g/mol. The van der Waals surface area contributed by atoms with Crippen molar-refractivity contribution in [2.45, 2.75) is 43.5 Å². The van der Waals surface area contributed by atoms with E-state index in [1.807, 2.05) is 6.92 Å². The number of thiophene rings is 1. The standard InChI is InChI=1S/C14H18N4OS2/c1-7-8(2)20-13-10(7)11(15)17-14(18-13)21-9-5-3-4-6-16-12(9)19/h9H,3-6H2,1-2H3,(H,16,19)(H2,15,17,18)/t9-/m0/s1. The molecule has 1 fully saturated rings. The summed E-state index contributed by atoms with van der Waals surface area (Å²) in [4.78, 5) is 23.1. The highest BCUT2D eigenvalue weighted by molar-refractivity contribution is 8.00. The molecule has 3 heterocycles. The molecule has 3 rings (SSSR count). The van der Waals surface area contributed by atoms with Crippen molar-refractivity contribution >= 4 is 45.0 Å². The number of nitrogens with two attached hydrogens (primary N) is 1. The van der Waals surface area contributed by atoms with Crippen LogP contribution in [0.3, 0.4) is 0 Å². The predicted octanol–water partition coefficient (Wildman–Crippen LogP) is 2.65. The molecule has 0 radical (unpaired) electrons. The highest BCUT2D eigenvalue weighted by Crippen LogP contribution is 2.34. The lowest BCUT2D eigenvalue weighted by atomic mass is 10.2. The summed E-state index contributed by atoms with van der Waals surface area (Å²) in [7, 11) is 0. The molecule has 7 heteroatoms. The van der Waals surface area contributed by atoms with Crippen LogP contribution >= 0.6 is 23.1 Å². The molecular formula is C14H18N4OS2. The number of anilines is 1. The second-order valence-electron chi connectivity index (χ2n) is 5.25. The number of thioether (sulfide) groups is 1. The van der Waals surface area contributed by atoms with Crippen molar-refractivity contribution in [2.75, 3.05) is 12.3 Å². The van der Waals surface area contributed by atoms with Crippen LogP contribution in [0.4, 0.5) is 5.82 Å². The Morgan fingerprint density at radius 1 is 1.33 bits per heavy atom. The normalized spacial score (nSPS) is 19.5. The van der Waals surface area contributed by atoms with Crippen molar-refractivity contribution in [2.24, 2.45) is 0 Å². The van der Waals surface area contributed by atoms with Crippen molar-refractivity contribution in [3.05, 3.63) is 10.4 Å². The Bertz CT molecular complexity index is 698. The van der Waals surface area contributed by atoms with E-state index < -0.39 is 0 Å². The maximum absolute atomic E-state index is 12.0. The molecule has 21 heavy (non-hydrogen) atoms. The van der Waals surface area contributed by atoms with Gasteiger partial charge in [0.25, 0.3) is 0 Å². The van der Waals surface area contributed by atoms with Crippen LogP contribution in [0.5, 0.6) is 0 Å². The van der Waals surface area contributed by atoms with Crippen molar-refractivity contribution in [1.82, 2.24) is 15.3 Å². The molecule has 1 amide bonds. The SMILES string of the molecule is Cc1sc2nc(S[C@H]3CCCCNC3=O)nc(N)c2c1C. The minimum atomic E-state index is -0.119. The fourth-order valence-electron chi connectivity index (χ4n) is 2.46. The van der Waals surface area contributed by atoms with Gasteiger partial charge in [0.05, 0.1) is 10.6 Å². The number of nitrogens with one attached hydrogen (secondary N) is 1. The van der Waals surface area contributed by atoms with Gasteiger partial charge in [-0.05, 0) is 32.3 Å². The second-order valence-corrected chi connectivity index (χ2v) is 7.62. The number of amides is 1. The smallest absolute Gasteiger partial charge is 0.233 e. The summed E-state index contributed by atoms with van der Waals surface area (Å²) in [6.07, 6.45) is 2.94. The summed E-state index contributed by atoms with van der Waals surface area (Å²) in [5, 5.41) is 4.37. The summed E-state index contributed by atoms with van der Waals surface area (Å²) < 4.78 is 0. The van der Waals surface area contributed by atoms with Crippen LogP contribution in [0.15, 0.2) is 5.16 Å². The number of hydrogen-bond donors (Lipinski definition) is 2. The number of rotatable bonds is 2. The van der Waals surface area contributed by atoms with E-state index >= 15 is 0 Å². The topological polar surface area (TPSA) is 80.9 Å². The van der Waals surface area contributed by atoms with E-state index in [0.717, 1.165) is 41.6 Å². The zero-order valence-electron chi connectivity index (χ0n) is 12.1. The second kappa shape index (κ2) is 5.81. The van der Waals surface area contributed by atoms with Gasteiger partial charge in [-0.3, -0.25) is 4.79 Å². The highest BCUT2D eigenvalue weighted by atomic mass is 32.2. The summed E-state index contributed by atoms with van der Waals surface area (Å²) in [5.41, 5.74) is 7.23. The van der Waals surface area contributed by atoms with E-state index in [1.165, 1.54) is 16.6 Å². The maximum atomic E-state index is 12.0. The highest BCUT2D eigenvalue weighted by Gasteiger charge is 2.24. The zero-order valence-corrected chi connectivity index (χ0v) is 13.7. The summed E-state index contributed by atoms with van der Waals surface area (Å²) in [6.45, 7) is 4.87. The molecule has 2 aromatic heterocycles. The number of carbonyl (C=O) groups is 1. The lowest BCUT2D eigenvalue weighted by Crippen LogP contribution is -2.30. The predicted molar refractivity (Wildman–Crippen MR) is 87.8 cm³/mol.